The first kappa shape index (κ1) is 11.0. The molecular weight excluding hydrogens is 206 g/mol. The maximum Gasteiger partial charge on any atom is 0.0795 e. The minimum absolute atomic E-state index is 0.482. The SMILES string of the molecule is CCC1(CNCc2cscn2)CCNC1. The summed E-state index contributed by atoms with van der Waals surface area (Å²) in [6.45, 7) is 6.64. The van der Waals surface area contributed by atoms with E-state index in [0.717, 1.165) is 25.3 Å². The summed E-state index contributed by atoms with van der Waals surface area (Å²) >= 11 is 1.66. The van der Waals surface area contributed by atoms with Gasteiger partial charge in [-0.2, -0.15) is 0 Å². The topological polar surface area (TPSA) is 37.0 Å². The molecular formula is C11H19N3S. The fourth-order valence-corrected chi connectivity index (χ4v) is 2.71. The molecule has 0 amide bonds. The highest BCUT2D eigenvalue weighted by molar-refractivity contribution is 7.07. The molecule has 1 aromatic heterocycles. The van der Waals surface area contributed by atoms with Crippen molar-refractivity contribution in [1.82, 2.24) is 15.6 Å². The van der Waals surface area contributed by atoms with Gasteiger partial charge in [0.1, 0.15) is 0 Å². The van der Waals surface area contributed by atoms with E-state index >= 15 is 0 Å². The van der Waals surface area contributed by atoms with Crippen molar-refractivity contribution < 1.29 is 0 Å². The lowest BCUT2D eigenvalue weighted by Gasteiger charge is -2.26. The first-order valence-electron chi connectivity index (χ1n) is 5.63. The lowest BCUT2D eigenvalue weighted by atomic mass is 9.84. The van der Waals surface area contributed by atoms with Crippen molar-refractivity contribution in [3.8, 4) is 0 Å². The Morgan fingerprint density at radius 3 is 3.20 bits per heavy atom. The Morgan fingerprint density at radius 1 is 1.67 bits per heavy atom. The number of aromatic nitrogens is 1. The molecule has 1 aliphatic heterocycles. The molecule has 1 unspecified atom stereocenters. The van der Waals surface area contributed by atoms with Gasteiger partial charge in [0, 0.05) is 25.0 Å². The van der Waals surface area contributed by atoms with Crippen molar-refractivity contribution in [2.24, 2.45) is 5.41 Å². The molecule has 0 radical (unpaired) electrons. The lowest BCUT2D eigenvalue weighted by Crippen LogP contribution is -2.35. The third-order valence-corrected chi connectivity index (χ3v) is 4.01. The van der Waals surface area contributed by atoms with Gasteiger partial charge in [-0.25, -0.2) is 4.98 Å². The molecule has 0 saturated carbocycles. The highest BCUT2D eigenvalue weighted by Crippen LogP contribution is 2.28. The highest BCUT2D eigenvalue weighted by Gasteiger charge is 2.31. The van der Waals surface area contributed by atoms with Crippen LogP contribution < -0.4 is 10.6 Å². The number of thiazole rings is 1. The van der Waals surface area contributed by atoms with Gasteiger partial charge < -0.3 is 10.6 Å². The van der Waals surface area contributed by atoms with E-state index in [1.165, 1.54) is 19.4 Å². The number of hydrogen-bond donors (Lipinski definition) is 2. The van der Waals surface area contributed by atoms with E-state index in [1.54, 1.807) is 11.3 Å². The Morgan fingerprint density at radius 2 is 2.60 bits per heavy atom. The van der Waals surface area contributed by atoms with Crippen molar-refractivity contribution in [3.05, 3.63) is 16.6 Å². The second-order valence-corrected chi connectivity index (χ2v) is 5.08. The summed E-state index contributed by atoms with van der Waals surface area (Å²) in [4.78, 5) is 4.27. The molecule has 1 saturated heterocycles. The lowest BCUT2D eigenvalue weighted by molar-refractivity contribution is 0.291. The second-order valence-electron chi connectivity index (χ2n) is 4.36. The summed E-state index contributed by atoms with van der Waals surface area (Å²) in [7, 11) is 0. The van der Waals surface area contributed by atoms with Crippen LogP contribution in [0, 0.1) is 5.41 Å². The van der Waals surface area contributed by atoms with Gasteiger partial charge in [-0.1, -0.05) is 6.92 Å². The summed E-state index contributed by atoms with van der Waals surface area (Å²) in [5.74, 6) is 0. The molecule has 0 spiro atoms. The fraction of sp³-hybridized carbons (Fsp3) is 0.727. The summed E-state index contributed by atoms with van der Waals surface area (Å²) in [5, 5.41) is 9.09. The van der Waals surface area contributed by atoms with Gasteiger partial charge in [0.2, 0.25) is 0 Å². The molecule has 2 rings (SSSR count). The van der Waals surface area contributed by atoms with E-state index in [2.05, 4.69) is 27.9 Å². The van der Waals surface area contributed by atoms with Gasteiger partial charge in [-0.3, -0.25) is 0 Å². The van der Waals surface area contributed by atoms with Gasteiger partial charge in [-0.15, -0.1) is 11.3 Å². The second kappa shape index (κ2) is 5.05. The third-order valence-electron chi connectivity index (χ3n) is 3.37. The van der Waals surface area contributed by atoms with E-state index < -0.39 is 0 Å². The molecule has 1 aliphatic rings. The summed E-state index contributed by atoms with van der Waals surface area (Å²) in [6, 6.07) is 0. The molecule has 2 heterocycles. The van der Waals surface area contributed by atoms with Crippen LogP contribution in [0.4, 0.5) is 0 Å². The average Bonchev–Trinajstić information content (AvgIpc) is 2.89. The Balaban J connectivity index is 1.77. The standard InChI is InChI=1S/C11H19N3S/c1-2-11(3-4-12-7-11)8-13-5-10-6-15-9-14-10/h6,9,12-13H,2-5,7-8H2,1H3. The van der Waals surface area contributed by atoms with E-state index in [0.29, 0.717) is 5.41 Å². The van der Waals surface area contributed by atoms with Crippen LogP contribution in [0.1, 0.15) is 25.5 Å². The van der Waals surface area contributed by atoms with E-state index in [4.69, 9.17) is 0 Å². The zero-order valence-electron chi connectivity index (χ0n) is 9.25. The van der Waals surface area contributed by atoms with Crippen LogP contribution >= 0.6 is 11.3 Å². The van der Waals surface area contributed by atoms with Crippen LogP contribution in [0.25, 0.3) is 0 Å². The Kier molecular flexibility index (Phi) is 3.72. The Labute approximate surface area is 95.3 Å². The van der Waals surface area contributed by atoms with E-state index in [9.17, 15) is 0 Å². The minimum atomic E-state index is 0.482. The van der Waals surface area contributed by atoms with Gasteiger partial charge >= 0.3 is 0 Å². The van der Waals surface area contributed by atoms with E-state index in [1.807, 2.05) is 5.51 Å². The summed E-state index contributed by atoms with van der Waals surface area (Å²) in [6.07, 6.45) is 2.55. The van der Waals surface area contributed by atoms with Crippen LogP contribution in [-0.4, -0.2) is 24.6 Å². The Bertz CT molecular complexity index is 278. The van der Waals surface area contributed by atoms with Crippen molar-refractivity contribution in [2.75, 3.05) is 19.6 Å². The van der Waals surface area contributed by atoms with Gasteiger partial charge in [0.25, 0.3) is 0 Å². The van der Waals surface area contributed by atoms with Crippen LogP contribution in [0.3, 0.4) is 0 Å². The largest absolute Gasteiger partial charge is 0.316 e. The van der Waals surface area contributed by atoms with E-state index in [-0.39, 0.29) is 0 Å². The van der Waals surface area contributed by atoms with Gasteiger partial charge in [-0.05, 0) is 24.8 Å². The maximum absolute atomic E-state index is 4.27. The number of rotatable bonds is 5. The molecule has 15 heavy (non-hydrogen) atoms. The quantitative estimate of drug-likeness (QED) is 0.799. The monoisotopic (exact) mass is 225 g/mol. The average molecular weight is 225 g/mol. The van der Waals surface area contributed by atoms with Gasteiger partial charge in [0.15, 0.2) is 0 Å². The molecule has 0 bridgehead atoms. The zero-order chi connectivity index (χ0) is 10.6. The van der Waals surface area contributed by atoms with Crippen LogP contribution in [0.15, 0.2) is 10.9 Å². The number of nitrogens with zero attached hydrogens (tertiary/aromatic N) is 1. The predicted molar refractivity (Wildman–Crippen MR) is 64.0 cm³/mol. The maximum atomic E-state index is 4.27. The molecule has 84 valence electrons. The van der Waals surface area contributed by atoms with Crippen LogP contribution in [0.2, 0.25) is 0 Å². The minimum Gasteiger partial charge on any atom is -0.316 e. The fourth-order valence-electron chi connectivity index (χ4n) is 2.15. The van der Waals surface area contributed by atoms with Gasteiger partial charge in [0.05, 0.1) is 11.2 Å². The predicted octanol–water partition coefficient (Wildman–Crippen LogP) is 1.62. The summed E-state index contributed by atoms with van der Waals surface area (Å²) in [5.41, 5.74) is 3.54. The molecule has 1 atom stereocenters. The molecule has 3 nitrogen and oxygen atoms in total. The van der Waals surface area contributed by atoms with Crippen molar-refractivity contribution in [2.45, 2.75) is 26.3 Å². The molecule has 2 N–H and O–H groups in total. The smallest absolute Gasteiger partial charge is 0.0795 e. The van der Waals surface area contributed by atoms with Crippen LogP contribution in [-0.2, 0) is 6.54 Å². The van der Waals surface area contributed by atoms with Crippen molar-refractivity contribution in [3.63, 3.8) is 0 Å². The number of nitrogens with one attached hydrogen (secondary N) is 2. The van der Waals surface area contributed by atoms with Crippen molar-refractivity contribution in [1.29, 1.82) is 0 Å². The normalized spacial score (nSPS) is 25.9. The molecule has 0 aromatic carbocycles. The zero-order valence-corrected chi connectivity index (χ0v) is 10.1. The van der Waals surface area contributed by atoms with Crippen molar-refractivity contribution >= 4 is 11.3 Å². The number of hydrogen-bond acceptors (Lipinski definition) is 4. The Hall–Kier alpha value is -0.450. The van der Waals surface area contributed by atoms with Crippen LogP contribution in [0.5, 0.6) is 0 Å². The molecule has 4 heteroatoms. The molecule has 0 aliphatic carbocycles. The highest BCUT2D eigenvalue weighted by atomic mass is 32.1. The summed E-state index contributed by atoms with van der Waals surface area (Å²) < 4.78 is 0. The molecule has 1 aromatic rings. The third kappa shape index (κ3) is 2.77. The first-order chi connectivity index (χ1) is 7.35. The first-order valence-corrected chi connectivity index (χ1v) is 6.57. The molecule has 1 fully saturated rings.